The number of likely N-dealkylation sites (tertiary alicyclic amines) is 2. The molecule has 0 aliphatic carbocycles. The zero-order chi connectivity index (χ0) is 13.0. The average Bonchev–Trinajstić information content (AvgIpc) is 2.67. The van der Waals surface area contributed by atoms with Gasteiger partial charge in [0.2, 0.25) is 0 Å². The molecule has 2 rings (SSSR count). The monoisotopic (exact) mass is 254 g/mol. The van der Waals surface area contributed by atoms with Crippen LogP contribution in [0.1, 0.15) is 38.5 Å². The molecule has 0 spiro atoms. The minimum Gasteiger partial charge on any atom is -0.481 e. The Labute approximate surface area is 108 Å². The summed E-state index contributed by atoms with van der Waals surface area (Å²) in [7, 11) is 0. The van der Waals surface area contributed by atoms with E-state index in [1.807, 2.05) is 4.90 Å². The molecule has 2 aliphatic rings. The molecule has 0 bridgehead atoms. The lowest BCUT2D eigenvalue weighted by Crippen LogP contribution is -2.49. The van der Waals surface area contributed by atoms with Gasteiger partial charge in [0, 0.05) is 26.2 Å². The summed E-state index contributed by atoms with van der Waals surface area (Å²) in [5.74, 6) is -1.15. The third-order valence-electron chi connectivity index (χ3n) is 3.92. The fourth-order valence-electron chi connectivity index (χ4n) is 2.81. The lowest BCUT2D eigenvalue weighted by Gasteiger charge is -2.34. The van der Waals surface area contributed by atoms with Crippen molar-refractivity contribution in [1.82, 2.24) is 9.80 Å². The molecule has 0 aromatic carbocycles. The van der Waals surface area contributed by atoms with Crippen LogP contribution in [0.2, 0.25) is 0 Å². The number of carboxylic acids is 1. The normalized spacial score (nSPS) is 25.7. The Kier molecular flexibility index (Phi) is 4.44. The van der Waals surface area contributed by atoms with Crippen molar-refractivity contribution in [3.63, 3.8) is 0 Å². The number of aliphatic carboxylic acids is 1. The van der Waals surface area contributed by atoms with Crippen LogP contribution in [0, 0.1) is 5.92 Å². The summed E-state index contributed by atoms with van der Waals surface area (Å²) in [4.78, 5) is 27.0. The largest absolute Gasteiger partial charge is 0.481 e. The zero-order valence-electron chi connectivity index (χ0n) is 10.8. The second-order valence-electron chi connectivity index (χ2n) is 5.31. The van der Waals surface area contributed by atoms with E-state index in [0.717, 1.165) is 32.4 Å². The minimum absolute atomic E-state index is 0.0443. The Bertz CT molecular complexity index is 311. The molecule has 0 aromatic rings. The third-order valence-corrected chi connectivity index (χ3v) is 3.92. The Morgan fingerprint density at radius 1 is 0.889 bits per heavy atom. The topological polar surface area (TPSA) is 60.9 Å². The average molecular weight is 254 g/mol. The second kappa shape index (κ2) is 6.07. The van der Waals surface area contributed by atoms with E-state index < -0.39 is 5.97 Å². The highest BCUT2D eigenvalue weighted by atomic mass is 16.4. The maximum atomic E-state index is 12.3. The molecule has 18 heavy (non-hydrogen) atoms. The molecule has 0 unspecified atom stereocenters. The smallest absolute Gasteiger partial charge is 0.320 e. The second-order valence-corrected chi connectivity index (χ2v) is 5.31. The van der Waals surface area contributed by atoms with Crippen molar-refractivity contribution in [3.05, 3.63) is 0 Å². The summed E-state index contributed by atoms with van der Waals surface area (Å²) >= 11 is 0. The first-order valence-electron chi connectivity index (χ1n) is 6.95. The van der Waals surface area contributed by atoms with E-state index in [0.29, 0.717) is 19.5 Å². The summed E-state index contributed by atoms with van der Waals surface area (Å²) < 4.78 is 0. The first kappa shape index (κ1) is 13.2. The summed E-state index contributed by atoms with van der Waals surface area (Å²) in [5.41, 5.74) is 0. The number of amides is 2. The summed E-state index contributed by atoms with van der Waals surface area (Å²) in [6.45, 7) is 2.74. The van der Waals surface area contributed by atoms with Crippen LogP contribution in [-0.4, -0.2) is 53.1 Å². The third kappa shape index (κ3) is 3.15. The minimum atomic E-state index is -0.775. The van der Waals surface area contributed by atoms with Gasteiger partial charge in [-0.1, -0.05) is 12.8 Å². The maximum Gasteiger partial charge on any atom is 0.320 e. The molecule has 2 fully saturated rings. The summed E-state index contributed by atoms with van der Waals surface area (Å²) in [6, 6.07) is 0.0443. The van der Waals surface area contributed by atoms with Crippen molar-refractivity contribution in [2.45, 2.75) is 38.5 Å². The Morgan fingerprint density at radius 3 is 2.11 bits per heavy atom. The summed E-state index contributed by atoms with van der Waals surface area (Å²) in [5, 5.41) is 9.04. The van der Waals surface area contributed by atoms with Crippen molar-refractivity contribution in [2.24, 2.45) is 5.92 Å². The van der Waals surface area contributed by atoms with Gasteiger partial charge in [0.05, 0.1) is 5.92 Å². The van der Waals surface area contributed by atoms with Crippen molar-refractivity contribution < 1.29 is 14.7 Å². The van der Waals surface area contributed by atoms with E-state index in [4.69, 9.17) is 5.11 Å². The van der Waals surface area contributed by atoms with Crippen molar-refractivity contribution in [3.8, 4) is 0 Å². The number of rotatable bonds is 1. The molecule has 102 valence electrons. The van der Waals surface area contributed by atoms with Crippen LogP contribution in [-0.2, 0) is 4.79 Å². The van der Waals surface area contributed by atoms with Gasteiger partial charge < -0.3 is 14.9 Å². The van der Waals surface area contributed by atoms with Gasteiger partial charge >= 0.3 is 12.0 Å². The molecule has 1 N–H and O–H groups in total. The fourth-order valence-corrected chi connectivity index (χ4v) is 2.81. The highest BCUT2D eigenvalue weighted by Crippen LogP contribution is 2.19. The van der Waals surface area contributed by atoms with Gasteiger partial charge in [0.25, 0.3) is 0 Å². The molecule has 1 atom stereocenters. The SMILES string of the molecule is O=C(O)[C@H]1CCCN(C(=O)N2CCCCCC2)C1. The Morgan fingerprint density at radius 2 is 1.50 bits per heavy atom. The van der Waals surface area contributed by atoms with E-state index in [-0.39, 0.29) is 11.9 Å². The van der Waals surface area contributed by atoms with Gasteiger partial charge in [-0.25, -0.2) is 4.79 Å². The fraction of sp³-hybridized carbons (Fsp3) is 0.846. The van der Waals surface area contributed by atoms with Gasteiger partial charge in [-0.05, 0) is 25.7 Å². The maximum absolute atomic E-state index is 12.3. The van der Waals surface area contributed by atoms with Gasteiger partial charge in [0.15, 0.2) is 0 Å². The van der Waals surface area contributed by atoms with E-state index in [2.05, 4.69) is 0 Å². The first-order valence-corrected chi connectivity index (χ1v) is 6.95. The summed E-state index contributed by atoms with van der Waals surface area (Å²) in [6.07, 6.45) is 6.03. The number of hydrogen-bond acceptors (Lipinski definition) is 2. The molecule has 2 amide bonds. The number of carbonyl (C=O) groups is 2. The molecular weight excluding hydrogens is 232 g/mol. The number of carbonyl (C=O) groups excluding carboxylic acids is 1. The molecule has 5 heteroatoms. The van der Waals surface area contributed by atoms with E-state index in [1.165, 1.54) is 12.8 Å². The van der Waals surface area contributed by atoms with Crippen LogP contribution in [0.3, 0.4) is 0 Å². The highest BCUT2D eigenvalue weighted by molar-refractivity contribution is 5.76. The van der Waals surface area contributed by atoms with Crippen LogP contribution in [0.15, 0.2) is 0 Å². The number of carboxylic acid groups (broad SMARTS) is 1. The molecule has 5 nitrogen and oxygen atoms in total. The zero-order valence-corrected chi connectivity index (χ0v) is 10.8. The number of urea groups is 1. The van der Waals surface area contributed by atoms with Crippen LogP contribution >= 0.6 is 0 Å². The number of piperidine rings is 1. The molecule has 2 heterocycles. The van der Waals surface area contributed by atoms with Gasteiger partial charge in [-0.3, -0.25) is 4.79 Å². The Balaban J connectivity index is 1.92. The molecule has 2 aliphatic heterocycles. The van der Waals surface area contributed by atoms with Gasteiger partial charge in [-0.2, -0.15) is 0 Å². The van der Waals surface area contributed by atoms with E-state index >= 15 is 0 Å². The predicted molar refractivity (Wildman–Crippen MR) is 67.4 cm³/mol. The lowest BCUT2D eigenvalue weighted by atomic mass is 9.98. The standard InChI is InChI=1S/C13H22N2O3/c16-12(17)11-6-5-9-15(10-11)13(18)14-7-3-1-2-4-8-14/h11H,1-10H2,(H,16,17)/t11-/m0/s1. The van der Waals surface area contributed by atoms with Crippen LogP contribution < -0.4 is 0 Å². The van der Waals surface area contributed by atoms with Crippen molar-refractivity contribution in [1.29, 1.82) is 0 Å². The lowest BCUT2D eigenvalue weighted by molar-refractivity contribution is -0.143. The van der Waals surface area contributed by atoms with E-state index in [1.54, 1.807) is 4.90 Å². The molecule has 0 aromatic heterocycles. The Hall–Kier alpha value is -1.26. The van der Waals surface area contributed by atoms with Crippen LogP contribution in [0.5, 0.6) is 0 Å². The highest BCUT2D eigenvalue weighted by Gasteiger charge is 2.30. The first-order chi connectivity index (χ1) is 8.68. The number of nitrogens with zero attached hydrogens (tertiary/aromatic N) is 2. The van der Waals surface area contributed by atoms with Gasteiger partial charge in [0.1, 0.15) is 0 Å². The predicted octanol–water partition coefficient (Wildman–Crippen LogP) is 1.78. The molecule has 0 saturated carbocycles. The van der Waals surface area contributed by atoms with Crippen LogP contribution in [0.4, 0.5) is 4.79 Å². The van der Waals surface area contributed by atoms with Crippen LogP contribution in [0.25, 0.3) is 0 Å². The molecule has 0 radical (unpaired) electrons. The van der Waals surface area contributed by atoms with Crippen molar-refractivity contribution in [2.75, 3.05) is 26.2 Å². The quantitative estimate of drug-likeness (QED) is 0.776. The van der Waals surface area contributed by atoms with E-state index in [9.17, 15) is 9.59 Å². The molecule has 2 saturated heterocycles. The van der Waals surface area contributed by atoms with Gasteiger partial charge in [-0.15, -0.1) is 0 Å². The molecular formula is C13H22N2O3. The number of hydrogen-bond donors (Lipinski definition) is 1. The van der Waals surface area contributed by atoms with Crippen molar-refractivity contribution >= 4 is 12.0 Å².